The highest BCUT2D eigenvalue weighted by molar-refractivity contribution is 7.25. The number of anilines is 2. The molecule has 2 aliphatic rings. The average Bonchev–Trinajstić information content (AvgIpc) is 3.82. The van der Waals surface area contributed by atoms with Crippen LogP contribution in [0.5, 0.6) is 0 Å². The van der Waals surface area contributed by atoms with Crippen LogP contribution in [-0.2, 0) is 5.41 Å². The molecular formula is C49H31NS. The SMILES string of the molecule is c1ccc2c(c1)-c1ccccc1C21c2ccccc2-c2ccc(Nc3ccc(-c4ccc(-c5ccc6sc7ccccc7c6c5)cc4)cc3)cc21. The molecular weight excluding hydrogens is 635 g/mol. The van der Waals surface area contributed by atoms with Gasteiger partial charge in [-0.1, -0.05) is 140 Å². The van der Waals surface area contributed by atoms with Gasteiger partial charge in [0.1, 0.15) is 0 Å². The third kappa shape index (κ3) is 4.15. The molecule has 0 amide bonds. The summed E-state index contributed by atoms with van der Waals surface area (Å²) in [5, 5.41) is 6.42. The molecule has 9 aromatic rings. The van der Waals surface area contributed by atoms with Gasteiger partial charge in [-0.05, 0) is 109 Å². The summed E-state index contributed by atoms with van der Waals surface area (Å²) >= 11 is 1.86. The molecule has 0 radical (unpaired) electrons. The molecule has 51 heavy (non-hydrogen) atoms. The van der Waals surface area contributed by atoms with Gasteiger partial charge in [-0.25, -0.2) is 0 Å². The number of benzene rings is 8. The molecule has 2 heteroatoms. The molecule has 1 spiro atoms. The van der Waals surface area contributed by atoms with Crippen molar-refractivity contribution in [3.05, 3.63) is 204 Å². The lowest BCUT2D eigenvalue weighted by Gasteiger charge is -2.30. The van der Waals surface area contributed by atoms with Crippen molar-refractivity contribution in [3.63, 3.8) is 0 Å². The van der Waals surface area contributed by atoms with Gasteiger partial charge in [-0.3, -0.25) is 0 Å². The second-order valence-corrected chi connectivity index (χ2v) is 14.8. The Morgan fingerprint density at radius 1 is 0.333 bits per heavy atom. The number of fused-ring (bicyclic) bond motifs is 13. The molecule has 0 saturated heterocycles. The van der Waals surface area contributed by atoms with Crippen molar-refractivity contribution >= 4 is 42.9 Å². The number of nitrogens with one attached hydrogen (secondary N) is 1. The Labute approximate surface area is 301 Å². The van der Waals surface area contributed by atoms with E-state index in [-0.39, 0.29) is 5.41 Å². The highest BCUT2D eigenvalue weighted by Crippen LogP contribution is 2.63. The molecule has 0 aliphatic heterocycles. The average molecular weight is 666 g/mol. The highest BCUT2D eigenvalue weighted by Gasteiger charge is 2.51. The van der Waals surface area contributed by atoms with E-state index in [0.717, 1.165) is 11.4 Å². The largest absolute Gasteiger partial charge is 0.356 e. The molecule has 0 bridgehead atoms. The van der Waals surface area contributed by atoms with Crippen LogP contribution in [0.25, 0.3) is 64.7 Å². The Kier molecular flexibility index (Phi) is 6.11. The molecule has 1 heterocycles. The predicted molar refractivity (Wildman–Crippen MR) is 216 cm³/mol. The fourth-order valence-electron chi connectivity index (χ4n) is 8.85. The first-order valence-electron chi connectivity index (χ1n) is 17.6. The van der Waals surface area contributed by atoms with Crippen molar-refractivity contribution in [3.8, 4) is 44.5 Å². The van der Waals surface area contributed by atoms with E-state index in [2.05, 4.69) is 187 Å². The molecule has 1 aromatic heterocycles. The number of hydrogen-bond donors (Lipinski definition) is 1. The first-order chi connectivity index (χ1) is 25.3. The van der Waals surface area contributed by atoms with Gasteiger partial charge in [-0.15, -0.1) is 11.3 Å². The summed E-state index contributed by atoms with van der Waals surface area (Å²) in [6.45, 7) is 0. The number of thiophene rings is 1. The zero-order chi connectivity index (χ0) is 33.5. The van der Waals surface area contributed by atoms with Crippen LogP contribution in [0.3, 0.4) is 0 Å². The van der Waals surface area contributed by atoms with Crippen molar-refractivity contribution in [2.45, 2.75) is 5.41 Å². The van der Waals surface area contributed by atoms with Crippen LogP contribution in [0.1, 0.15) is 22.3 Å². The third-order valence-electron chi connectivity index (χ3n) is 11.1. The Morgan fingerprint density at radius 3 is 1.45 bits per heavy atom. The Bertz CT molecular complexity index is 2760. The van der Waals surface area contributed by atoms with Crippen molar-refractivity contribution in [1.29, 1.82) is 0 Å². The van der Waals surface area contributed by atoms with Gasteiger partial charge >= 0.3 is 0 Å². The van der Waals surface area contributed by atoms with E-state index in [1.807, 2.05) is 11.3 Å². The maximum atomic E-state index is 3.75. The summed E-state index contributed by atoms with van der Waals surface area (Å²) in [6.07, 6.45) is 0. The van der Waals surface area contributed by atoms with Gasteiger partial charge in [-0.2, -0.15) is 0 Å². The molecule has 11 rings (SSSR count). The predicted octanol–water partition coefficient (Wildman–Crippen LogP) is 13.5. The van der Waals surface area contributed by atoms with Crippen molar-refractivity contribution in [2.24, 2.45) is 0 Å². The van der Waals surface area contributed by atoms with E-state index >= 15 is 0 Å². The molecule has 0 unspecified atom stereocenters. The monoisotopic (exact) mass is 665 g/mol. The smallest absolute Gasteiger partial charge is 0.0726 e. The lowest BCUT2D eigenvalue weighted by Crippen LogP contribution is -2.25. The molecule has 8 aromatic carbocycles. The highest BCUT2D eigenvalue weighted by atomic mass is 32.1. The maximum absolute atomic E-state index is 3.75. The quantitative estimate of drug-likeness (QED) is 0.197. The fourth-order valence-corrected chi connectivity index (χ4v) is 9.93. The minimum atomic E-state index is -0.337. The van der Waals surface area contributed by atoms with Gasteiger partial charge in [0, 0.05) is 31.5 Å². The van der Waals surface area contributed by atoms with Gasteiger partial charge in [0.05, 0.1) is 5.41 Å². The van der Waals surface area contributed by atoms with Crippen LogP contribution in [0, 0.1) is 0 Å². The summed E-state index contributed by atoms with van der Waals surface area (Å²) < 4.78 is 2.68. The van der Waals surface area contributed by atoms with Crippen LogP contribution in [-0.4, -0.2) is 0 Å². The Hall–Kier alpha value is -6.22. The molecule has 0 atom stereocenters. The first kappa shape index (κ1) is 28.6. The molecule has 1 nitrogen and oxygen atoms in total. The van der Waals surface area contributed by atoms with E-state index in [4.69, 9.17) is 0 Å². The minimum Gasteiger partial charge on any atom is -0.356 e. The lowest BCUT2D eigenvalue weighted by atomic mass is 9.70. The molecule has 0 fully saturated rings. The Morgan fingerprint density at radius 2 is 0.804 bits per heavy atom. The normalized spacial score (nSPS) is 13.3. The summed E-state index contributed by atoms with van der Waals surface area (Å²) in [5.74, 6) is 0. The third-order valence-corrected chi connectivity index (χ3v) is 12.3. The first-order valence-corrected chi connectivity index (χ1v) is 18.4. The van der Waals surface area contributed by atoms with E-state index in [0.29, 0.717) is 0 Å². The van der Waals surface area contributed by atoms with E-state index in [1.54, 1.807) is 0 Å². The summed E-state index contributed by atoms with van der Waals surface area (Å²) in [6, 6.07) is 67.2. The van der Waals surface area contributed by atoms with Crippen LogP contribution in [0.2, 0.25) is 0 Å². The maximum Gasteiger partial charge on any atom is 0.0726 e. The molecule has 2 aliphatic carbocycles. The van der Waals surface area contributed by atoms with Gasteiger partial charge in [0.15, 0.2) is 0 Å². The van der Waals surface area contributed by atoms with Gasteiger partial charge in [0.25, 0.3) is 0 Å². The van der Waals surface area contributed by atoms with Crippen LogP contribution in [0.4, 0.5) is 11.4 Å². The fraction of sp³-hybridized carbons (Fsp3) is 0.0204. The van der Waals surface area contributed by atoms with E-state index < -0.39 is 0 Å². The van der Waals surface area contributed by atoms with Crippen LogP contribution >= 0.6 is 11.3 Å². The zero-order valence-electron chi connectivity index (χ0n) is 27.7. The molecule has 1 N–H and O–H groups in total. The summed E-state index contributed by atoms with van der Waals surface area (Å²) in [4.78, 5) is 0. The summed E-state index contributed by atoms with van der Waals surface area (Å²) in [7, 11) is 0. The summed E-state index contributed by atoms with van der Waals surface area (Å²) in [5.41, 5.74) is 17.5. The zero-order valence-corrected chi connectivity index (χ0v) is 28.5. The second-order valence-electron chi connectivity index (χ2n) is 13.7. The van der Waals surface area contributed by atoms with E-state index in [1.165, 1.54) is 86.9 Å². The van der Waals surface area contributed by atoms with Gasteiger partial charge < -0.3 is 5.32 Å². The van der Waals surface area contributed by atoms with Gasteiger partial charge in [0.2, 0.25) is 0 Å². The standard InChI is InChI=1S/C49H31NS/c1-5-13-43-37(9-1)38-10-2-6-14-44(38)49(43)45-15-7-3-11-39(45)40-27-26-36(30-46(40)49)50-35-24-21-32(22-25-35)31-17-19-33(20-18-31)34-23-28-48-42(29-34)41-12-4-8-16-47(41)51-48/h1-30,50H. The van der Waals surface area contributed by atoms with Crippen LogP contribution < -0.4 is 5.32 Å². The second kappa shape index (κ2) is 10.9. The van der Waals surface area contributed by atoms with Crippen LogP contribution in [0.15, 0.2) is 182 Å². The molecule has 0 saturated carbocycles. The topological polar surface area (TPSA) is 12.0 Å². The lowest BCUT2D eigenvalue weighted by molar-refractivity contribution is 0.794. The minimum absolute atomic E-state index is 0.337. The Balaban J connectivity index is 0.910. The van der Waals surface area contributed by atoms with E-state index in [9.17, 15) is 0 Å². The number of rotatable bonds is 4. The van der Waals surface area contributed by atoms with Crippen molar-refractivity contribution in [2.75, 3.05) is 5.32 Å². The van der Waals surface area contributed by atoms with Crippen molar-refractivity contribution < 1.29 is 0 Å². The number of hydrogen-bond acceptors (Lipinski definition) is 2. The molecule has 238 valence electrons. The van der Waals surface area contributed by atoms with Crippen molar-refractivity contribution in [1.82, 2.24) is 0 Å².